The second-order valence-electron chi connectivity index (χ2n) is 8.08. The standard InChI is InChI=1S/C23H28N2O8S/c1-30-23(27)21-8-5-17(33-21)16-32-22(26)19-15-18(34(28,29)25-9-3-2-4-10-25)6-7-20(19)24-11-13-31-14-12-24/h5-8,15H,2-4,9-14,16H2,1H3. The van der Waals surface area contributed by atoms with Gasteiger partial charge in [0.25, 0.3) is 0 Å². The number of carbonyl (C=O) groups excluding carboxylic acids is 2. The number of nitrogens with zero attached hydrogens (tertiary/aromatic N) is 2. The zero-order valence-electron chi connectivity index (χ0n) is 19.0. The van der Waals surface area contributed by atoms with Gasteiger partial charge in [-0.25, -0.2) is 18.0 Å². The fraction of sp³-hybridized carbons (Fsp3) is 0.478. The van der Waals surface area contributed by atoms with Crippen molar-refractivity contribution in [3.63, 3.8) is 0 Å². The van der Waals surface area contributed by atoms with Gasteiger partial charge in [-0.1, -0.05) is 6.42 Å². The van der Waals surface area contributed by atoms with Gasteiger partial charge in [-0.15, -0.1) is 0 Å². The number of carbonyl (C=O) groups is 2. The Morgan fingerprint density at radius 3 is 2.41 bits per heavy atom. The third-order valence-electron chi connectivity index (χ3n) is 5.89. The van der Waals surface area contributed by atoms with Crippen molar-refractivity contribution in [2.75, 3.05) is 51.4 Å². The zero-order chi connectivity index (χ0) is 24.1. The van der Waals surface area contributed by atoms with Crippen LogP contribution in [-0.4, -0.2) is 71.2 Å². The number of sulfonamides is 1. The quantitative estimate of drug-likeness (QED) is 0.537. The Labute approximate surface area is 198 Å². The van der Waals surface area contributed by atoms with Gasteiger partial charge in [-0.3, -0.25) is 0 Å². The molecule has 0 amide bonds. The fourth-order valence-electron chi connectivity index (χ4n) is 4.05. The van der Waals surface area contributed by atoms with Crippen molar-refractivity contribution in [2.24, 2.45) is 0 Å². The first-order valence-electron chi connectivity index (χ1n) is 11.2. The molecule has 0 unspecified atom stereocenters. The molecule has 2 aliphatic rings. The highest BCUT2D eigenvalue weighted by Gasteiger charge is 2.29. The first-order chi connectivity index (χ1) is 16.4. The summed E-state index contributed by atoms with van der Waals surface area (Å²) in [5.74, 6) is -1.06. The van der Waals surface area contributed by atoms with E-state index in [-0.39, 0.29) is 28.6 Å². The van der Waals surface area contributed by atoms with Gasteiger partial charge >= 0.3 is 11.9 Å². The average Bonchev–Trinajstić information content (AvgIpc) is 3.36. The van der Waals surface area contributed by atoms with Crippen molar-refractivity contribution in [3.8, 4) is 0 Å². The van der Waals surface area contributed by atoms with Crippen molar-refractivity contribution >= 4 is 27.6 Å². The Morgan fingerprint density at radius 1 is 0.971 bits per heavy atom. The summed E-state index contributed by atoms with van der Waals surface area (Å²) >= 11 is 0. The molecule has 0 aliphatic carbocycles. The Balaban J connectivity index is 1.59. The maximum Gasteiger partial charge on any atom is 0.373 e. The molecule has 2 aliphatic heterocycles. The van der Waals surface area contributed by atoms with Crippen molar-refractivity contribution in [2.45, 2.75) is 30.8 Å². The van der Waals surface area contributed by atoms with Crippen LogP contribution in [0.2, 0.25) is 0 Å². The molecule has 2 aromatic rings. The number of benzene rings is 1. The SMILES string of the molecule is COC(=O)c1ccc(COC(=O)c2cc(S(=O)(=O)N3CCCCC3)ccc2N2CCOCC2)o1. The second-order valence-corrected chi connectivity index (χ2v) is 10.0. The molecule has 3 heterocycles. The number of piperidine rings is 1. The Morgan fingerprint density at radius 2 is 1.71 bits per heavy atom. The predicted octanol–water partition coefficient (Wildman–Crippen LogP) is 2.43. The Bertz CT molecular complexity index is 1130. The van der Waals surface area contributed by atoms with Gasteiger partial charge < -0.3 is 23.5 Å². The number of rotatable bonds is 7. The van der Waals surface area contributed by atoms with Crippen LogP contribution in [0.1, 0.15) is 45.9 Å². The third-order valence-corrected chi connectivity index (χ3v) is 7.78. The van der Waals surface area contributed by atoms with Crippen molar-refractivity contribution in [3.05, 3.63) is 47.4 Å². The molecular weight excluding hydrogens is 464 g/mol. The van der Waals surface area contributed by atoms with E-state index < -0.39 is 22.0 Å². The minimum Gasteiger partial charge on any atom is -0.463 e. The van der Waals surface area contributed by atoms with E-state index in [1.807, 2.05) is 4.90 Å². The molecule has 0 spiro atoms. The summed E-state index contributed by atoms with van der Waals surface area (Å²) in [6.07, 6.45) is 2.64. The molecule has 2 saturated heterocycles. The molecule has 0 radical (unpaired) electrons. The van der Waals surface area contributed by atoms with Crippen LogP contribution in [0, 0.1) is 0 Å². The number of hydrogen-bond donors (Lipinski definition) is 0. The molecule has 10 nitrogen and oxygen atoms in total. The van der Waals surface area contributed by atoms with E-state index >= 15 is 0 Å². The highest BCUT2D eigenvalue weighted by atomic mass is 32.2. The van der Waals surface area contributed by atoms with E-state index in [0.29, 0.717) is 45.1 Å². The molecule has 1 aromatic heterocycles. The summed E-state index contributed by atoms with van der Waals surface area (Å²) in [6.45, 7) is 2.86. The summed E-state index contributed by atoms with van der Waals surface area (Å²) < 4.78 is 48.7. The molecule has 34 heavy (non-hydrogen) atoms. The van der Waals surface area contributed by atoms with Gasteiger partial charge in [0, 0.05) is 26.2 Å². The second kappa shape index (κ2) is 10.6. The zero-order valence-corrected chi connectivity index (χ0v) is 19.8. The molecule has 0 bridgehead atoms. The Kier molecular flexibility index (Phi) is 7.54. The highest BCUT2D eigenvalue weighted by molar-refractivity contribution is 7.89. The van der Waals surface area contributed by atoms with E-state index in [1.54, 1.807) is 12.1 Å². The fourth-order valence-corrected chi connectivity index (χ4v) is 5.60. The predicted molar refractivity (Wildman–Crippen MR) is 121 cm³/mol. The Hall–Kier alpha value is -2.89. The van der Waals surface area contributed by atoms with E-state index in [4.69, 9.17) is 13.9 Å². The molecule has 1 aromatic carbocycles. The molecule has 0 N–H and O–H groups in total. The molecule has 4 rings (SSSR count). The topological polar surface area (TPSA) is 116 Å². The van der Waals surface area contributed by atoms with Crippen molar-refractivity contribution in [1.29, 1.82) is 0 Å². The van der Waals surface area contributed by atoms with E-state index in [1.165, 1.54) is 29.6 Å². The number of methoxy groups -OCH3 is 1. The molecular formula is C23H28N2O8S. The van der Waals surface area contributed by atoms with Crippen LogP contribution < -0.4 is 4.90 Å². The molecule has 184 valence electrons. The van der Waals surface area contributed by atoms with Crippen molar-refractivity contribution in [1.82, 2.24) is 4.31 Å². The van der Waals surface area contributed by atoms with Crippen LogP contribution in [0.4, 0.5) is 5.69 Å². The van der Waals surface area contributed by atoms with E-state index in [9.17, 15) is 18.0 Å². The molecule has 0 saturated carbocycles. The van der Waals surface area contributed by atoms with Gasteiger partial charge in [0.1, 0.15) is 12.4 Å². The van der Waals surface area contributed by atoms with Crippen LogP contribution in [0.5, 0.6) is 0 Å². The lowest BCUT2D eigenvalue weighted by Crippen LogP contribution is -2.38. The lowest BCUT2D eigenvalue weighted by Gasteiger charge is -2.31. The van der Waals surface area contributed by atoms with E-state index in [2.05, 4.69) is 4.74 Å². The van der Waals surface area contributed by atoms with E-state index in [0.717, 1.165) is 19.3 Å². The van der Waals surface area contributed by atoms with Gasteiger partial charge in [0.2, 0.25) is 15.8 Å². The lowest BCUT2D eigenvalue weighted by molar-refractivity contribution is 0.0438. The van der Waals surface area contributed by atoms with Crippen LogP contribution in [0.15, 0.2) is 39.6 Å². The minimum absolute atomic E-state index is 0.00261. The summed E-state index contributed by atoms with van der Waals surface area (Å²) in [7, 11) is -2.49. The summed E-state index contributed by atoms with van der Waals surface area (Å²) in [4.78, 5) is 26.7. The first-order valence-corrected chi connectivity index (χ1v) is 12.6. The summed E-state index contributed by atoms with van der Waals surface area (Å²) in [5, 5.41) is 0. The molecule has 2 fully saturated rings. The number of furan rings is 1. The van der Waals surface area contributed by atoms with Gasteiger partial charge in [-0.2, -0.15) is 4.31 Å². The third kappa shape index (κ3) is 5.26. The average molecular weight is 493 g/mol. The number of esters is 2. The number of ether oxygens (including phenoxy) is 3. The number of hydrogen-bond acceptors (Lipinski definition) is 9. The van der Waals surface area contributed by atoms with Crippen LogP contribution in [0.3, 0.4) is 0 Å². The summed E-state index contributed by atoms with van der Waals surface area (Å²) in [6, 6.07) is 7.53. The highest BCUT2D eigenvalue weighted by Crippen LogP contribution is 2.29. The number of anilines is 1. The first kappa shape index (κ1) is 24.2. The van der Waals surface area contributed by atoms with Gasteiger partial charge in [0.05, 0.1) is 36.5 Å². The van der Waals surface area contributed by atoms with Crippen LogP contribution >= 0.6 is 0 Å². The van der Waals surface area contributed by atoms with Crippen molar-refractivity contribution < 1.29 is 36.6 Å². The molecule has 0 atom stereocenters. The minimum atomic E-state index is -3.73. The smallest absolute Gasteiger partial charge is 0.373 e. The summed E-state index contributed by atoms with van der Waals surface area (Å²) in [5.41, 5.74) is 0.736. The van der Waals surface area contributed by atoms with Crippen LogP contribution in [0.25, 0.3) is 0 Å². The number of morpholine rings is 1. The lowest BCUT2D eigenvalue weighted by atomic mass is 10.1. The largest absolute Gasteiger partial charge is 0.463 e. The maximum atomic E-state index is 13.2. The monoisotopic (exact) mass is 492 g/mol. The van der Waals surface area contributed by atoms with Crippen LogP contribution in [-0.2, 0) is 30.8 Å². The van der Waals surface area contributed by atoms with Gasteiger partial charge in [0.15, 0.2) is 0 Å². The maximum absolute atomic E-state index is 13.2. The van der Waals surface area contributed by atoms with Gasteiger partial charge in [-0.05, 0) is 43.2 Å². The molecule has 11 heteroatoms. The normalized spacial score (nSPS) is 17.4.